The van der Waals surface area contributed by atoms with Crippen LogP contribution in [0.15, 0.2) is 24.3 Å². The molecule has 0 aliphatic heterocycles. The van der Waals surface area contributed by atoms with E-state index < -0.39 is 5.97 Å². The summed E-state index contributed by atoms with van der Waals surface area (Å²) in [7, 11) is 0. The van der Waals surface area contributed by atoms with Crippen LogP contribution in [0.3, 0.4) is 0 Å². The topological polar surface area (TPSA) is 84.5 Å². The van der Waals surface area contributed by atoms with Crippen molar-refractivity contribution in [1.29, 1.82) is 0 Å². The Morgan fingerprint density at radius 2 is 1.83 bits per heavy atom. The molecule has 0 aromatic heterocycles. The molecule has 0 heterocycles. The molecule has 1 rings (SSSR count). The van der Waals surface area contributed by atoms with Gasteiger partial charge in [0, 0.05) is 12.6 Å². The number of carbonyl (C=O) groups excluding carboxylic acids is 3. The highest BCUT2D eigenvalue weighted by Gasteiger charge is 2.06. The SMILES string of the molecule is CC(=O)CC(=O)ONc1cccc(NC(C)=O)c1. The first kappa shape index (κ1) is 13.7. The lowest BCUT2D eigenvalue weighted by Gasteiger charge is -2.08. The van der Waals surface area contributed by atoms with Crippen molar-refractivity contribution < 1.29 is 19.2 Å². The predicted octanol–water partition coefficient (Wildman–Crippen LogP) is 1.49. The Morgan fingerprint density at radius 3 is 2.44 bits per heavy atom. The molecule has 2 N–H and O–H groups in total. The third-order valence-electron chi connectivity index (χ3n) is 1.86. The minimum Gasteiger partial charge on any atom is -0.343 e. The number of hydrogen-bond donors (Lipinski definition) is 2. The zero-order chi connectivity index (χ0) is 13.5. The number of hydrogen-bond acceptors (Lipinski definition) is 5. The molecule has 0 atom stereocenters. The Kier molecular flexibility index (Phi) is 4.86. The molecular formula is C12H14N2O4. The van der Waals surface area contributed by atoms with Crippen LogP contribution in [-0.2, 0) is 19.2 Å². The molecule has 1 aromatic carbocycles. The number of ketones is 1. The summed E-state index contributed by atoms with van der Waals surface area (Å²) in [6.45, 7) is 2.70. The van der Waals surface area contributed by atoms with Gasteiger partial charge in [0.15, 0.2) is 0 Å². The highest BCUT2D eigenvalue weighted by atomic mass is 16.7. The van der Waals surface area contributed by atoms with Gasteiger partial charge in [0.2, 0.25) is 5.91 Å². The largest absolute Gasteiger partial charge is 0.343 e. The van der Waals surface area contributed by atoms with Gasteiger partial charge in [-0.15, -0.1) is 0 Å². The van der Waals surface area contributed by atoms with Crippen molar-refractivity contribution in [3.8, 4) is 0 Å². The van der Waals surface area contributed by atoms with E-state index in [1.807, 2.05) is 0 Å². The average Bonchev–Trinajstić information content (AvgIpc) is 2.25. The Balaban J connectivity index is 2.54. The molecule has 0 aliphatic carbocycles. The summed E-state index contributed by atoms with van der Waals surface area (Å²) in [5.41, 5.74) is 3.49. The molecule has 0 fully saturated rings. The third-order valence-corrected chi connectivity index (χ3v) is 1.86. The van der Waals surface area contributed by atoms with E-state index >= 15 is 0 Å². The van der Waals surface area contributed by atoms with E-state index in [2.05, 4.69) is 15.6 Å². The van der Waals surface area contributed by atoms with Gasteiger partial charge in [-0.05, 0) is 25.1 Å². The summed E-state index contributed by atoms with van der Waals surface area (Å²) < 4.78 is 0. The normalized spacial score (nSPS) is 9.44. The van der Waals surface area contributed by atoms with Crippen molar-refractivity contribution in [3.05, 3.63) is 24.3 Å². The fourth-order valence-electron chi connectivity index (χ4n) is 1.22. The fourth-order valence-corrected chi connectivity index (χ4v) is 1.22. The van der Waals surface area contributed by atoms with Gasteiger partial charge in [0.25, 0.3) is 0 Å². The van der Waals surface area contributed by atoms with Gasteiger partial charge in [-0.3, -0.25) is 9.59 Å². The van der Waals surface area contributed by atoms with E-state index in [1.54, 1.807) is 24.3 Å². The van der Waals surface area contributed by atoms with Crippen molar-refractivity contribution >= 4 is 29.0 Å². The lowest BCUT2D eigenvalue weighted by Crippen LogP contribution is -2.13. The number of rotatable bonds is 5. The number of benzene rings is 1. The van der Waals surface area contributed by atoms with E-state index in [0.29, 0.717) is 11.4 Å². The molecule has 0 saturated carbocycles. The maximum absolute atomic E-state index is 11.1. The number of carbonyl (C=O) groups is 3. The first-order chi connectivity index (χ1) is 8.47. The molecule has 0 radical (unpaired) electrons. The van der Waals surface area contributed by atoms with E-state index in [-0.39, 0.29) is 18.1 Å². The zero-order valence-electron chi connectivity index (χ0n) is 10.1. The molecule has 0 unspecified atom stereocenters. The number of anilines is 2. The van der Waals surface area contributed by atoms with Crippen LogP contribution in [0, 0.1) is 0 Å². The fraction of sp³-hybridized carbons (Fsp3) is 0.250. The number of Topliss-reactive ketones (excluding diaryl/α,β-unsaturated/α-hetero) is 1. The van der Waals surface area contributed by atoms with E-state index in [1.165, 1.54) is 13.8 Å². The average molecular weight is 250 g/mol. The van der Waals surface area contributed by atoms with Crippen LogP contribution in [0.1, 0.15) is 20.3 Å². The minimum absolute atomic E-state index is 0.194. The van der Waals surface area contributed by atoms with Gasteiger partial charge in [0.1, 0.15) is 12.2 Å². The maximum Gasteiger partial charge on any atom is 0.339 e. The summed E-state index contributed by atoms with van der Waals surface area (Å²) in [5, 5.41) is 2.59. The Hall–Kier alpha value is -2.37. The molecule has 96 valence electrons. The lowest BCUT2D eigenvalue weighted by molar-refractivity contribution is -0.143. The molecule has 0 saturated heterocycles. The van der Waals surface area contributed by atoms with Crippen LogP contribution in [0.2, 0.25) is 0 Å². The number of amides is 1. The van der Waals surface area contributed by atoms with Crippen molar-refractivity contribution in [3.63, 3.8) is 0 Å². The molecule has 1 amide bonds. The first-order valence-electron chi connectivity index (χ1n) is 5.30. The van der Waals surface area contributed by atoms with Gasteiger partial charge >= 0.3 is 5.97 Å². The van der Waals surface area contributed by atoms with Gasteiger partial charge in [-0.1, -0.05) is 6.07 Å². The van der Waals surface area contributed by atoms with Crippen LogP contribution in [0.25, 0.3) is 0 Å². The summed E-state index contributed by atoms with van der Waals surface area (Å²) in [6.07, 6.45) is -0.279. The maximum atomic E-state index is 11.1. The van der Waals surface area contributed by atoms with Crippen molar-refractivity contribution in [2.75, 3.05) is 10.8 Å². The highest BCUT2D eigenvalue weighted by molar-refractivity contribution is 5.94. The molecule has 1 aromatic rings. The predicted molar refractivity (Wildman–Crippen MR) is 65.8 cm³/mol. The Bertz CT molecular complexity index is 471. The Labute approximate surface area is 104 Å². The molecule has 0 bridgehead atoms. The second-order valence-corrected chi connectivity index (χ2v) is 3.72. The smallest absolute Gasteiger partial charge is 0.339 e. The van der Waals surface area contributed by atoms with E-state index in [4.69, 9.17) is 0 Å². The molecule has 6 nitrogen and oxygen atoms in total. The lowest BCUT2D eigenvalue weighted by atomic mass is 10.3. The molecule has 0 aliphatic rings. The molecule has 6 heteroatoms. The Morgan fingerprint density at radius 1 is 1.17 bits per heavy atom. The quantitative estimate of drug-likeness (QED) is 0.611. The van der Waals surface area contributed by atoms with Crippen LogP contribution in [0.5, 0.6) is 0 Å². The summed E-state index contributed by atoms with van der Waals surface area (Å²) in [4.78, 5) is 37.3. The summed E-state index contributed by atoms with van der Waals surface area (Å²) >= 11 is 0. The van der Waals surface area contributed by atoms with Crippen LogP contribution in [-0.4, -0.2) is 17.7 Å². The molecule has 18 heavy (non-hydrogen) atoms. The van der Waals surface area contributed by atoms with Crippen molar-refractivity contribution in [1.82, 2.24) is 0 Å². The van der Waals surface area contributed by atoms with Crippen LogP contribution in [0.4, 0.5) is 11.4 Å². The van der Waals surface area contributed by atoms with E-state index in [0.717, 1.165) is 0 Å². The summed E-state index contributed by atoms with van der Waals surface area (Å²) in [5.74, 6) is -1.12. The third kappa shape index (κ3) is 5.11. The zero-order valence-corrected chi connectivity index (χ0v) is 10.1. The van der Waals surface area contributed by atoms with Crippen LogP contribution < -0.4 is 10.8 Å². The summed E-state index contributed by atoms with van der Waals surface area (Å²) in [6, 6.07) is 6.64. The standard InChI is InChI=1S/C12H14N2O4/c1-8(15)6-12(17)18-14-11-5-3-4-10(7-11)13-9(2)16/h3-5,7,14H,6H2,1-2H3,(H,13,16). The monoisotopic (exact) mass is 250 g/mol. The van der Waals surface area contributed by atoms with E-state index in [9.17, 15) is 14.4 Å². The van der Waals surface area contributed by atoms with Gasteiger partial charge in [-0.25, -0.2) is 10.3 Å². The first-order valence-corrected chi connectivity index (χ1v) is 5.30. The van der Waals surface area contributed by atoms with Crippen molar-refractivity contribution in [2.24, 2.45) is 0 Å². The number of nitrogens with one attached hydrogen (secondary N) is 2. The second-order valence-electron chi connectivity index (χ2n) is 3.72. The minimum atomic E-state index is -0.660. The van der Waals surface area contributed by atoms with Gasteiger partial charge < -0.3 is 10.2 Å². The molecular weight excluding hydrogens is 236 g/mol. The highest BCUT2D eigenvalue weighted by Crippen LogP contribution is 2.15. The van der Waals surface area contributed by atoms with Crippen molar-refractivity contribution in [2.45, 2.75) is 20.3 Å². The van der Waals surface area contributed by atoms with Gasteiger partial charge in [0.05, 0.1) is 5.69 Å². The van der Waals surface area contributed by atoms with Gasteiger partial charge in [-0.2, -0.15) is 0 Å². The molecule has 0 spiro atoms. The second kappa shape index (κ2) is 6.39. The van der Waals surface area contributed by atoms with Crippen LogP contribution >= 0.6 is 0 Å².